The van der Waals surface area contributed by atoms with Gasteiger partial charge in [0, 0.05) is 13.1 Å². The maximum Gasteiger partial charge on any atom is 0.312 e. The summed E-state index contributed by atoms with van der Waals surface area (Å²) >= 11 is 0. The fourth-order valence-corrected chi connectivity index (χ4v) is 2.17. The third-order valence-electron chi connectivity index (χ3n) is 3.61. The van der Waals surface area contributed by atoms with E-state index in [9.17, 15) is 9.59 Å². The molecule has 0 saturated carbocycles. The highest BCUT2D eigenvalue weighted by atomic mass is 16.2. The molecule has 0 aromatic heterocycles. The van der Waals surface area contributed by atoms with E-state index in [0.29, 0.717) is 25.9 Å². The number of aliphatic imine (C=N–C) groups is 1. The van der Waals surface area contributed by atoms with Crippen LogP contribution in [0.15, 0.2) is 29.3 Å². The first kappa shape index (κ1) is 20.2. The number of primary amides is 1. The van der Waals surface area contributed by atoms with Gasteiger partial charge in [-0.1, -0.05) is 24.3 Å². The predicted octanol–water partition coefficient (Wildman–Crippen LogP) is -0.587. The number of rotatable bonds is 9. The van der Waals surface area contributed by atoms with Crippen LogP contribution in [0.4, 0.5) is 4.79 Å². The van der Waals surface area contributed by atoms with Crippen LogP contribution in [0, 0.1) is 0 Å². The van der Waals surface area contributed by atoms with E-state index in [0.717, 1.165) is 11.1 Å². The Bertz CT molecular complexity index is 597. The van der Waals surface area contributed by atoms with Crippen molar-refractivity contribution in [3.05, 3.63) is 35.4 Å². The van der Waals surface area contributed by atoms with Crippen molar-refractivity contribution < 1.29 is 9.59 Å². The van der Waals surface area contributed by atoms with Crippen LogP contribution in [0.1, 0.15) is 36.9 Å². The van der Waals surface area contributed by atoms with Crippen molar-refractivity contribution in [1.29, 1.82) is 0 Å². The molecule has 2 atom stereocenters. The minimum atomic E-state index is -0.615. The number of nitrogens with one attached hydrogen (secondary N) is 2. The van der Waals surface area contributed by atoms with Gasteiger partial charge in [0.05, 0.1) is 12.1 Å². The molecule has 1 aromatic carbocycles. The molecule has 0 saturated heterocycles. The first-order chi connectivity index (χ1) is 11.8. The average Bonchev–Trinajstić information content (AvgIpc) is 2.56. The summed E-state index contributed by atoms with van der Waals surface area (Å²) in [5, 5.41) is 5.39. The zero-order chi connectivity index (χ0) is 18.8. The molecule has 1 aromatic rings. The van der Waals surface area contributed by atoms with Crippen LogP contribution < -0.4 is 33.6 Å². The van der Waals surface area contributed by atoms with E-state index in [2.05, 4.69) is 15.6 Å². The van der Waals surface area contributed by atoms with Crippen LogP contribution in [-0.4, -0.2) is 30.5 Å². The summed E-state index contributed by atoms with van der Waals surface area (Å²) in [6.07, 6.45) is 1.12. The molecule has 0 radical (unpaired) electrons. The monoisotopic (exact) mass is 349 g/mol. The summed E-state index contributed by atoms with van der Waals surface area (Å²) in [6, 6.07) is 6.12. The molecule has 0 aliphatic rings. The molecule has 9 nitrogen and oxygen atoms in total. The second-order valence-electron chi connectivity index (χ2n) is 5.74. The van der Waals surface area contributed by atoms with Gasteiger partial charge in [0.1, 0.15) is 0 Å². The lowest BCUT2D eigenvalue weighted by molar-refractivity contribution is -0.123. The molecule has 3 amide bonds. The maximum atomic E-state index is 12.1. The highest BCUT2D eigenvalue weighted by Gasteiger charge is 2.16. The van der Waals surface area contributed by atoms with E-state index < -0.39 is 12.1 Å². The van der Waals surface area contributed by atoms with Crippen molar-refractivity contribution >= 4 is 17.9 Å². The molecule has 0 fully saturated rings. The fourth-order valence-electron chi connectivity index (χ4n) is 2.17. The van der Waals surface area contributed by atoms with Gasteiger partial charge in [0.25, 0.3) is 0 Å². The van der Waals surface area contributed by atoms with Gasteiger partial charge in [-0.05, 0) is 30.9 Å². The Morgan fingerprint density at radius 3 is 2.36 bits per heavy atom. The number of hydrogen-bond donors (Lipinski definition) is 6. The van der Waals surface area contributed by atoms with Gasteiger partial charge in [-0.15, -0.1) is 0 Å². The largest absolute Gasteiger partial charge is 0.370 e. The Morgan fingerprint density at radius 2 is 1.80 bits per heavy atom. The number of urea groups is 1. The summed E-state index contributed by atoms with van der Waals surface area (Å²) < 4.78 is 0. The normalized spacial score (nSPS) is 12.7. The molecule has 0 aliphatic heterocycles. The lowest BCUT2D eigenvalue weighted by Gasteiger charge is -2.18. The van der Waals surface area contributed by atoms with E-state index in [-0.39, 0.29) is 17.9 Å². The topological polar surface area (TPSA) is 175 Å². The quantitative estimate of drug-likeness (QED) is 0.198. The number of hydrogen-bond acceptors (Lipinski definition) is 4. The average molecular weight is 349 g/mol. The van der Waals surface area contributed by atoms with Crippen LogP contribution in [0.5, 0.6) is 0 Å². The predicted molar refractivity (Wildman–Crippen MR) is 97.3 cm³/mol. The van der Waals surface area contributed by atoms with E-state index in [1.54, 1.807) is 0 Å². The van der Waals surface area contributed by atoms with Crippen molar-refractivity contribution in [3.8, 4) is 0 Å². The minimum Gasteiger partial charge on any atom is -0.370 e. The first-order valence-electron chi connectivity index (χ1n) is 8.03. The zero-order valence-corrected chi connectivity index (χ0v) is 14.4. The molecule has 10 N–H and O–H groups in total. The van der Waals surface area contributed by atoms with E-state index >= 15 is 0 Å². The van der Waals surface area contributed by atoms with Crippen LogP contribution >= 0.6 is 0 Å². The van der Waals surface area contributed by atoms with E-state index in [1.165, 1.54) is 0 Å². The van der Waals surface area contributed by atoms with Crippen molar-refractivity contribution in [2.24, 2.45) is 27.9 Å². The maximum absolute atomic E-state index is 12.1. The van der Waals surface area contributed by atoms with Crippen LogP contribution in [0.3, 0.4) is 0 Å². The van der Waals surface area contributed by atoms with Gasteiger partial charge in [0.2, 0.25) is 5.91 Å². The second-order valence-corrected chi connectivity index (χ2v) is 5.74. The minimum absolute atomic E-state index is 0.0288. The number of carbonyl (C=O) groups excluding carboxylic acids is 2. The second kappa shape index (κ2) is 10.1. The van der Waals surface area contributed by atoms with Crippen LogP contribution in [-0.2, 0) is 11.3 Å². The van der Waals surface area contributed by atoms with Gasteiger partial charge >= 0.3 is 6.03 Å². The van der Waals surface area contributed by atoms with Crippen molar-refractivity contribution in [1.82, 2.24) is 10.6 Å². The Labute approximate surface area is 147 Å². The van der Waals surface area contributed by atoms with Crippen molar-refractivity contribution in [3.63, 3.8) is 0 Å². The van der Waals surface area contributed by atoms with E-state index in [4.69, 9.17) is 22.9 Å². The number of amides is 3. The number of nitrogens with two attached hydrogens (primary N) is 4. The lowest BCUT2D eigenvalue weighted by Crippen LogP contribution is -2.41. The molecular weight excluding hydrogens is 322 g/mol. The number of benzene rings is 1. The third-order valence-corrected chi connectivity index (χ3v) is 3.61. The Kier molecular flexibility index (Phi) is 8.21. The Morgan fingerprint density at radius 1 is 1.16 bits per heavy atom. The Hall–Kier alpha value is -2.81. The molecule has 1 rings (SSSR count). The van der Waals surface area contributed by atoms with Crippen LogP contribution in [0.2, 0.25) is 0 Å². The van der Waals surface area contributed by atoms with Gasteiger partial charge in [0.15, 0.2) is 5.96 Å². The van der Waals surface area contributed by atoms with Gasteiger partial charge in [-0.3, -0.25) is 9.79 Å². The highest BCUT2D eigenvalue weighted by molar-refractivity contribution is 5.81. The molecular formula is C16H27N7O2. The summed E-state index contributed by atoms with van der Waals surface area (Å²) in [5.41, 5.74) is 23.2. The van der Waals surface area contributed by atoms with Gasteiger partial charge in [-0.25, -0.2) is 4.79 Å². The van der Waals surface area contributed by atoms with Gasteiger partial charge < -0.3 is 33.6 Å². The molecule has 0 heterocycles. The summed E-state index contributed by atoms with van der Waals surface area (Å²) in [5.74, 6) is -0.196. The third kappa shape index (κ3) is 8.02. The van der Waals surface area contributed by atoms with Crippen molar-refractivity contribution in [2.75, 3.05) is 6.54 Å². The van der Waals surface area contributed by atoms with Crippen LogP contribution in [0.25, 0.3) is 0 Å². The number of guanidine groups is 1. The molecule has 9 heteroatoms. The molecule has 25 heavy (non-hydrogen) atoms. The smallest absolute Gasteiger partial charge is 0.312 e. The number of carbonyl (C=O) groups is 2. The van der Waals surface area contributed by atoms with Gasteiger partial charge in [-0.2, -0.15) is 0 Å². The molecule has 138 valence electrons. The molecule has 0 bridgehead atoms. The zero-order valence-electron chi connectivity index (χ0n) is 14.4. The molecule has 1 unspecified atom stereocenters. The van der Waals surface area contributed by atoms with Crippen molar-refractivity contribution in [2.45, 2.75) is 38.4 Å². The van der Waals surface area contributed by atoms with E-state index in [1.807, 2.05) is 31.2 Å². The highest BCUT2D eigenvalue weighted by Crippen LogP contribution is 2.14. The summed E-state index contributed by atoms with van der Waals surface area (Å²) in [7, 11) is 0. The standard InChI is InChI=1S/C16H27N7O2/c1-10(12-6-4-11(5-7-12)9-22-16(20)25)23-14(24)13(17)3-2-8-21-15(18)19/h4-7,10,13H,2-3,8-9,17H2,1H3,(H,23,24)(H4,18,19,21)(H3,20,22,25)/t10?,13-/m0/s1. The number of nitrogens with zero attached hydrogens (tertiary/aromatic N) is 1. The fraction of sp³-hybridized carbons (Fsp3) is 0.438. The summed E-state index contributed by atoms with van der Waals surface area (Å²) in [4.78, 5) is 26.7. The summed E-state index contributed by atoms with van der Waals surface area (Å²) in [6.45, 7) is 2.68. The molecule has 0 aliphatic carbocycles. The molecule has 0 spiro atoms. The SMILES string of the molecule is CC(NC(=O)[C@@H](N)CCCN=C(N)N)c1ccc(CNC(N)=O)cc1. The Balaban J connectivity index is 2.45. The lowest BCUT2D eigenvalue weighted by atomic mass is 10.0. The first-order valence-corrected chi connectivity index (χ1v) is 8.03.